The highest BCUT2D eigenvalue weighted by molar-refractivity contribution is 4.82. The van der Waals surface area contributed by atoms with Gasteiger partial charge in [-0.2, -0.15) is 0 Å². The monoisotopic (exact) mass is 169 g/mol. The van der Waals surface area contributed by atoms with Crippen LogP contribution in [-0.2, 0) is 0 Å². The second-order valence-corrected chi connectivity index (χ2v) is 4.28. The molecule has 72 valence electrons. The van der Waals surface area contributed by atoms with Crippen molar-refractivity contribution >= 4 is 0 Å². The van der Waals surface area contributed by atoms with Gasteiger partial charge < -0.3 is 4.90 Å². The summed E-state index contributed by atoms with van der Waals surface area (Å²) in [4.78, 5) is 2.36. The third-order valence-corrected chi connectivity index (χ3v) is 2.31. The number of allylic oxidation sites excluding steroid dienone is 1. The molecule has 12 heavy (non-hydrogen) atoms. The molecule has 0 bridgehead atoms. The van der Waals surface area contributed by atoms with E-state index in [0.717, 1.165) is 6.54 Å². The van der Waals surface area contributed by atoms with Gasteiger partial charge in [-0.05, 0) is 25.8 Å². The molecule has 0 saturated carbocycles. The Morgan fingerprint density at radius 1 is 1.33 bits per heavy atom. The van der Waals surface area contributed by atoms with Crippen molar-refractivity contribution in [3.05, 3.63) is 12.2 Å². The summed E-state index contributed by atoms with van der Waals surface area (Å²) in [5, 5.41) is 0. The van der Waals surface area contributed by atoms with Gasteiger partial charge in [0.1, 0.15) is 0 Å². The van der Waals surface area contributed by atoms with Crippen molar-refractivity contribution in [3.63, 3.8) is 0 Å². The lowest BCUT2D eigenvalue weighted by atomic mass is 9.90. The Morgan fingerprint density at radius 2 is 1.92 bits per heavy atom. The van der Waals surface area contributed by atoms with Crippen LogP contribution in [0.3, 0.4) is 0 Å². The number of hydrogen-bond acceptors (Lipinski definition) is 1. The van der Waals surface area contributed by atoms with E-state index in [1.807, 2.05) is 0 Å². The van der Waals surface area contributed by atoms with Crippen LogP contribution in [0, 0.1) is 5.41 Å². The van der Waals surface area contributed by atoms with E-state index >= 15 is 0 Å². The maximum atomic E-state index is 2.36. The summed E-state index contributed by atoms with van der Waals surface area (Å²) in [6, 6.07) is 0. The molecule has 1 nitrogen and oxygen atoms in total. The molecule has 0 fully saturated rings. The van der Waals surface area contributed by atoms with E-state index in [1.54, 1.807) is 0 Å². The van der Waals surface area contributed by atoms with Gasteiger partial charge in [-0.15, -0.1) is 0 Å². The first-order valence-electron chi connectivity index (χ1n) is 4.81. The Bertz CT molecular complexity index is 136. The highest BCUT2D eigenvalue weighted by Gasteiger charge is 2.16. The Morgan fingerprint density at radius 3 is 2.33 bits per heavy atom. The van der Waals surface area contributed by atoms with E-state index in [2.05, 4.69) is 51.8 Å². The van der Waals surface area contributed by atoms with E-state index < -0.39 is 0 Å². The van der Waals surface area contributed by atoms with Gasteiger partial charge >= 0.3 is 0 Å². The summed E-state index contributed by atoms with van der Waals surface area (Å²) >= 11 is 0. The number of hydrogen-bond donors (Lipinski definition) is 0. The van der Waals surface area contributed by atoms with Crippen LogP contribution < -0.4 is 0 Å². The summed E-state index contributed by atoms with van der Waals surface area (Å²) < 4.78 is 0. The Hall–Kier alpha value is -0.300. The lowest BCUT2D eigenvalue weighted by Crippen LogP contribution is -2.30. The Balaban J connectivity index is 3.75. The minimum absolute atomic E-state index is 0.455. The predicted molar refractivity (Wildman–Crippen MR) is 56.4 cm³/mol. The molecule has 0 aromatic rings. The molecule has 0 unspecified atom stereocenters. The summed E-state index contributed by atoms with van der Waals surface area (Å²) in [5.41, 5.74) is 0.455. The fourth-order valence-corrected chi connectivity index (χ4v) is 1.19. The second-order valence-electron chi connectivity index (χ2n) is 4.28. The van der Waals surface area contributed by atoms with Gasteiger partial charge in [0, 0.05) is 13.1 Å². The van der Waals surface area contributed by atoms with E-state index in [0.29, 0.717) is 5.41 Å². The largest absolute Gasteiger partial charge is 0.302 e. The number of likely N-dealkylation sites (N-methyl/N-ethyl adjacent to an activating group) is 1. The molecule has 0 N–H and O–H groups in total. The molecule has 0 aliphatic rings. The third kappa shape index (κ3) is 5.36. The second kappa shape index (κ2) is 5.36. The average molecular weight is 169 g/mol. The van der Waals surface area contributed by atoms with Crippen LogP contribution in [0.1, 0.15) is 34.1 Å². The zero-order valence-electron chi connectivity index (χ0n) is 9.22. The van der Waals surface area contributed by atoms with Crippen molar-refractivity contribution in [2.45, 2.75) is 34.1 Å². The smallest absolute Gasteiger partial charge is 0.0160 e. The predicted octanol–water partition coefficient (Wildman–Crippen LogP) is 2.93. The van der Waals surface area contributed by atoms with Crippen molar-refractivity contribution in [1.29, 1.82) is 0 Å². The summed E-state index contributed by atoms with van der Waals surface area (Å²) in [7, 11) is 2.18. The van der Waals surface area contributed by atoms with Crippen LogP contribution in [0.4, 0.5) is 0 Å². The van der Waals surface area contributed by atoms with Crippen LogP contribution in [-0.4, -0.2) is 25.0 Å². The molecule has 0 aliphatic carbocycles. The van der Waals surface area contributed by atoms with Gasteiger partial charge in [0.15, 0.2) is 0 Å². The standard InChI is InChI=1S/C11H23N/c1-6-8-9-12(5)10-11(3,4)7-2/h6,8H,7,9-10H2,1-5H3/b8-6+. The lowest BCUT2D eigenvalue weighted by molar-refractivity contribution is 0.218. The molecule has 0 radical (unpaired) electrons. The van der Waals surface area contributed by atoms with E-state index in [9.17, 15) is 0 Å². The van der Waals surface area contributed by atoms with Crippen LogP contribution in [0.2, 0.25) is 0 Å². The van der Waals surface area contributed by atoms with Crippen molar-refractivity contribution in [1.82, 2.24) is 4.90 Å². The highest BCUT2D eigenvalue weighted by atomic mass is 15.1. The zero-order chi connectivity index (χ0) is 9.61. The molecule has 0 aromatic heterocycles. The van der Waals surface area contributed by atoms with Gasteiger partial charge in [0.2, 0.25) is 0 Å². The van der Waals surface area contributed by atoms with Crippen LogP contribution in [0.25, 0.3) is 0 Å². The van der Waals surface area contributed by atoms with Crippen LogP contribution in [0.15, 0.2) is 12.2 Å². The molecule has 1 heteroatoms. The number of rotatable bonds is 5. The first-order valence-corrected chi connectivity index (χ1v) is 4.81. The minimum atomic E-state index is 0.455. The van der Waals surface area contributed by atoms with Gasteiger partial charge in [-0.25, -0.2) is 0 Å². The topological polar surface area (TPSA) is 3.24 Å². The fourth-order valence-electron chi connectivity index (χ4n) is 1.19. The minimum Gasteiger partial charge on any atom is -0.302 e. The first kappa shape index (κ1) is 11.7. The molecule has 0 spiro atoms. The van der Waals surface area contributed by atoms with Crippen molar-refractivity contribution in [3.8, 4) is 0 Å². The normalized spacial score (nSPS) is 13.2. The SMILES string of the molecule is C/C=C/CN(C)CC(C)(C)CC. The highest BCUT2D eigenvalue weighted by Crippen LogP contribution is 2.20. The maximum Gasteiger partial charge on any atom is 0.0160 e. The Labute approximate surface area is 77.5 Å². The van der Waals surface area contributed by atoms with E-state index in [4.69, 9.17) is 0 Å². The van der Waals surface area contributed by atoms with Crippen molar-refractivity contribution in [2.24, 2.45) is 5.41 Å². The third-order valence-electron chi connectivity index (χ3n) is 2.31. The summed E-state index contributed by atoms with van der Waals surface area (Å²) in [6.45, 7) is 11.2. The first-order chi connectivity index (χ1) is 5.52. The van der Waals surface area contributed by atoms with Crippen LogP contribution >= 0.6 is 0 Å². The quantitative estimate of drug-likeness (QED) is 0.572. The summed E-state index contributed by atoms with van der Waals surface area (Å²) in [6.07, 6.45) is 5.55. The van der Waals surface area contributed by atoms with E-state index in [1.165, 1.54) is 13.0 Å². The average Bonchev–Trinajstić information content (AvgIpc) is 2.00. The molecule has 0 amide bonds. The molecule has 0 aromatic carbocycles. The maximum absolute atomic E-state index is 2.36. The summed E-state index contributed by atoms with van der Waals surface area (Å²) in [5.74, 6) is 0. The van der Waals surface area contributed by atoms with Gasteiger partial charge in [-0.3, -0.25) is 0 Å². The molecule has 0 rings (SSSR count). The fraction of sp³-hybridized carbons (Fsp3) is 0.818. The molecular formula is C11H23N. The van der Waals surface area contributed by atoms with Crippen LogP contribution in [0.5, 0.6) is 0 Å². The molecule has 0 atom stereocenters. The van der Waals surface area contributed by atoms with Crippen molar-refractivity contribution < 1.29 is 0 Å². The molecular weight excluding hydrogens is 146 g/mol. The van der Waals surface area contributed by atoms with Gasteiger partial charge in [0.05, 0.1) is 0 Å². The van der Waals surface area contributed by atoms with Crippen molar-refractivity contribution in [2.75, 3.05) is 20.1 Å². The van der Waals surface area contributed by atoms with E-state index in [-0.39, 0.29) is 0 Å². The lowest BCUT2D eigenvalue weighted by Gasteiger charge is -2.28. The van der Waals surface area contributed by atoms with Gasteiger partial charge in [-0.1, -0.05) is 32.9 Å². The zero-order valence-corrected chi connectivity index (χ0v) is 9.22. The molecule has 0 saturated heterocycles. The number of nitrogens with zero attached hydrogens (tertiary/aromatic N) is 1. The molecule has 0 aliphatic heterocycles. The van der Waals surface area contributed by atoms with Gasteiger partial charge in [0.25, 0.3) is 0 Å². The molecule has 0 heterocycles. The Kier molecular flexibility index (Phi) is 5.23.